The summed E-state index contributed by atoms with van der Waals surface area (Å²) in [4.78, 5) is 36.3. The van der Waals surface area contributed by atoms with Gasteiger partial charge in [-0.3, -0.25) is 9.59 Å². The number of thioether (sulfide) groups is 1. The van der Waals surface area contributed by atoms with E-state index in [-0.39, 0.29) is 11.8 Å². The lowest BCUT2D eigenvalue weighted by atomic mass is 10.1. The number of nitrogens with zero attached hydrogens (tertiary/aromatic N) is 4. The van der Waals surface area contributed by atoms with Crippen molar-refractivity contribution < 1.29 is 9.59 Å². The number of piperazine rings is 1. The topological polar surface area (TPSA) is 56.2 Å². The van der Waals surface area contributed by atoms with Crippen LogP contribution in [0.5, 0.6) is 0 Å². The molecule has 5 rings (SSSR count). The third kappa shape index (κ3) is 3.02. The van der Waals surface area contributed by atoms with Crippen molar-refractivity contribution in [3.8, 4) is 0 Å². The van der Waals surface area contributed by atoms with Gasteiger partial charge in [-0.05, 0) is 30.0 Å². The second kappa shape index (κ2) is 7.08. The smallest absolute Gasteiger partial charge is 0.287 e. The number of amidine groups is 1. The van der Waals surface area contributed by atoms with E-state index in [0.717, 1.165) is 37.4 Å². The van der Waals surface area contributed by atoms with E-state index in [1.165, 1.54) is 17.4 Å². The van der Waals surface area contributed by atoms with Gasteiger partial charge in [0.1, 0.15) is 0 Å². The predicted octanol–water partition coefficient (Wildman–Crippen LogP) is 2.83. The van der Waals surface area contributed by atoms with Crippen molar-refractivity contribution in [1.29, 1.82) is 0 Å². The van der Waals surface area contributed by atoms with Crippen LogP contribution in [0.2, 0.25) is 0 Å². The van der Waals surface area contributed by atoms with E-state index < -0.39 is 0 Å². The summed E-state index contributed by atoms with van der Waals surface area (Å²) in [5, 5.41) is 0.699. The van der Waals surface area contributed by atoms with Crippen molar-refractivity contribution in [2.75, 3.05) is 43.0 Å². The number of amides is 2. The lowest BCUT2D eigenvalue weighted by Crippen LogP contribution is -2.47. The van der Waals surface area contributed by atoms with Crippen LogP contribution in [-0.4, -0.2) is 55.1 Å². The number of rotatable bonds is 1. The summed E-state index contributed by atoms with van der Waals surface area (Å²) in [6.07, 6.45) is 0. The number of para-hydroxylation sites is 2. The standard InChI is InChI=1S/C22H20N4O2S/c1-24-17-10-6-5-9-16(17)18(21(24)28)19-20(27)23-22(29-19)26-13-11-25(12-14-26)15-7-3-2-4-8-15/h2-10H,11-14H2,1H3/b19-18-. The molecule has 7 heteroatoms. The van der Waals surface area contributed by atoms with Crippen LogP contribution in [-0.2, 0) is 9.59 Å². The summed E-state index contributed by atoms with van der Waals surface area (Å²) in [6, 6.07) is 17.9. The van der Waals surface area contributed by atoms with Crippen molar-refractivity contribution in [3.05, 3.63) is 65.1 Å². The molecule has 2 aromatic rings. The second-order valence-electron chi connectivity index (χ2n) is 7.20. The molecule has 29 heavy (non-hydrogen) atoms. The minimum atomic E-state index is -0.316. The number of hydrogen-bond acceptors (Lipinski definition) is 5. The quantitative estimate of drug-likeness (QED) is 0.684. The van der Waals surface area contributed by atoms with Gasteiger partial charge in [-0.25, -0.2) is 0 Å². The number of hydrogen-bond donors (Lipinski definition) is 0. The van der Waals surface area contributed by atoms with E-state index >= 15 is 0 Å². The van der Waals surface area contributed by atoms with Crippen molar-refractivity contribution in [2.24, 2.45) is 4.99 Å². The summed E-state index contributed by atoms with van der Waals surface area (Å²) in [7, 11) is 1.74. The minimum absolute atomic E-state index is 0.146. The van der Waals surface area contributed by atoms with Crippen LogP contribution in [0.25, 0.3) is 5.57 Å². The maximum atomic E-state index is 12.8. The first-order valence-electron chi connectivity index (χ1n) is 9.61. The Morgan fingerprint density at radius 1 is 0.862 bits per heavy atom. The van der Waals surface area contributed by atoms with Crippen LogP contribution in [0, 0.1) is 0 Å². The number of likely N-dealkylation sites (N-methyl/N-ethyl adjacent to an activating group) is 1. The predicted molar refractivity (Wildman–Crippen MR) is 117 cm³/mol. The highest BCUT2D eigenvalue weighted by Crippen LogP contribution is 2.43. The molecule has 0 aromatic heterocycles. The fourth-order valence-corrected chi connectivity index (χ4v) is 5.03. The van der Waals surface area contributed by atoms with Gasteiger partial charge in [0.05, 0.1) is 16.2 Å². The SMILES string of the molecule is CN1C(=O)/C(=C2\SC(N3CCN(c4ccccc4)CC3)=NC2=O)c2ccccc21. The number of anilines is 2. The molecule has 0 bridgehead atoms. The van der Waals surface area contributed by atoms with Crippen molar-refractivity contribution in [2.45, 2.75) is 0 Å². The first kappa shape index (κ1) is 18.0. The van der Waals surface area contributed by atoms with E-state index in [0.29, 0.717) is 15.6 Å². The van der Waals surface area contributed by atoms with Crippen LogP contribution >= 0.6 is 11.8 Å². The molecule has 2 amide bonds. The third-order valence-corrected chi connectivity index (χ3v) is 6.65. The summed E-state index contributed by atoms with van der Waals surface area (Å²) in [5.74, 6) is -0.462. The summed E-state index contributed by atoms with van der Waals surface area (Å²) in [6.45, 7) is 3.32. The van der Waals surface area contributed by atoms with Crippen molar-refractivity contribution >= 4 is 45.7 Å². The lowest BCUT2D eigenvalue weighted by molar-refractivity contribution is -0.115. The number of fused-ring (bicyclic) bond motifs is 1. The van der Waals surface area contributed by atoms with E-state index in [1.807, 2.05) is 42.5 Å². The maximum absolute atomic E-state index is 12.8. The largest absolute Gasteiger partial charge is 0.368 e. The Morgan fingerprint density at radius 3 is 2.28 bits per heavy atom. The highest BCUT2D eigenvalue weighted by molar-refractivity contribution is 8.18. The normalized spacial score (nSPS) is 21.7. The van der Waals surface area contributed by atoms with Gasteiger partial charge in [0.2, 0.25) is 0 Å². The van der Waals surface area contributed by atoms with Gasteiger partial charge in [0.15, 0.2) is 5.17 Å². The molecule has 0 unspecified atom stereocenters. The van der Waals surface area contributed by atoms with E-state index in [2.05, 4.69) is 26.9 Å². The molecule has 6 nitrogen and oxygen atoms in total. The average Bonchev–Trinajstić information content (AvgIpc) is 3.26. The Kier molecular flexibility index (Phi) is 4.39. The molecule has 0 spiro atoms. The first-order chi connectivity index (χ1) is 14.1. The fraction of sp³-hybridized carbons (Fsp3) is 0.227. The summed E-state index contributed by atoms with van der Waals surface area (Å²) >= 11 is 1.33. The first-order valence-corrected chi connectivity index (χ1v) is 10.4. The molecular formula is C22H20N4O2S. The lowest BCUT2D eigenvalue weighted by Gasteiger charge is -2.36. The molecule has 0 radical (unpaired) electrons. The highest BCUT2D eigenvalue weighted by atomic mass is 32.2. The Morgan fingerprint density at radius 2 is 1.52 bits per heavy atom. The fourth-order valence-electron chi connectivity index (χ4n) is 3.97. The average molecular weight is 404 g/mol. The second-order valence-corrected chi connectivity index (χ2v) is 8.17. The summed E-state index contributed by atoms with van der Waals surface area (Å²) in [5.41, 5.74) is 3.32. The van der Waals surface area contributed by atoms with Gasteiger partial charge in [-0.1, -0.05) is 36.4 Å². The molecule has 146 valence electrons. The molecule has 1 fully saturated rings. The Bertz CT molecular complexity index is 1060. The van der Waals surface area contributed by atoms with Crippen LogP contribution in [0.15, 0.2) is 64.5 Å². The molecule has 3 aliphatic rings. The monoisotopic (exact) mass is 404 g/mol. The molecule has 3 aliphatic heterocycles. The number of carbonyl (C=O) groups excluding carboxylic acids is 2. The van der Waals surface area contributed by atoms with Gasteiger partial charge in [0, 0.05) is 44.5 Å². The minimum Gasteiger partial charge on any atom is -0.368 e. The molecule has 0 saturated carbocycles. The molecule has 1 saturated heterocycles. The van der Waals surface area contributed by atoms with Gasteiger partial charge in [-0.15, -0.1) is 0 Å². The molecule has 2 aromatic carbocycles. The van der Waals surface area contributed by atoms with Crippen LogP contribution in [0.4, 0.5) is 11.4 Å². The molecular weight excluding hydrogens is 384 g/mol. The van der Waals surface area contributed by atoms with Gasteiger partial charge in [-0.2, -0.15) is 4.99 Å². The Hall–Kier alpha value is -3.06. The number of benzene rings is 2. The zero-order chi connectivity index (χ0) is 20.0. The number of aliphatic imine (C=N–C) groups is 1. The zero-order valence-electron chi connectivity index (χ0n) is 16.0. The Balaban J connectivity index is 1.36. The van der Waals surface area contributed by atoms with Crippen LogP contribution in [0.3, 0.4) is 0 Å². The third-order valence-electron chi connectivity index (χ3n) is 5.54. The van der Waals surface area contributed by atoms with E-state index in [4.69, 9.17) is 0 Å². The Labute approximate surface area is 173 Å². The van der Waals surface area contributed by atoms with E-state index in [9.17, 15) is 9.59 Å². The van der Waals surface area contributed by atoms with Crippen molar-refractivity contribution in [3.63, 3.8) is 0 Å². The van der Waals surface area contributed by atoms with Gasteiger partial charge < -0.3 is 14.7 Å². The van der Waals surface area contributed by atoms with Crippen LogP contribution in [0.1, 0.15) is 5.56 Å². The van der Waals surface area contributed by atoms with E-state index in [1.54, 1.807) is 11.9 Å². The molecule has 0 aliphatic carbocycles. The summed E-state index contributed by atoms with van der Waals surface area (Å²) < 4.78 is 0. The zero-order valence-corrected chi connectivity index (χ0v) is 16.9. The maximum Gasteiger partial charge on any atom is 0.287 e. The van der Waals surface area contributed by atoms with Gasteiger partial charge in [0.25, 0.3) is 11.8 Å². The van der Waals surface area contributed by atoms with Gasteiger partial charge >= 0.3 is 0 Å². The van der Waals surface area contributed by atoms with Crippen LogP contribution < -0.4 is 9.80 Å². The van der Waals surface area contributed by atoms with Crippen molar-refractivity contribution in [1.82, 2.24) is 4.90 Å². The molecule has 0 N–H and O–H groups in total. The number of carbonyl (C=O) groups is 2. The molecule has 3 heterocycles. The highest BCUT2D eigenvalue weighted by Gasteiger charge is 2.38. The molecule has 0 atom stereocenters.